The van der Waals surface area contributed by atoms with E-state index in [1.54, 1.807) is 37.5 Å². The molecule has 0 aromatic heterocycles. The lowest BCUT2D eigenvalue weighted by Crippen LogP contribution is -2.44. The smallest absolute Gasteiger partial charge is 0.249 e. The molecule has 0 aliphatic rings. The summed E-state index contributed by atoms with van der Waals surface area (Å²) in [5, 5.41) is 2.69. The number of amides is 3. The van der Waals surface area contributed by atoms with Crippen LogP contribution in [0.25, 0.3) is 0 Å². The average molecular weight is 418 g/mol. The molecule has 0 bridgehead atoms. The van der Waals surface area contributed by atoms with Crippen molar-refractivity contribution in [2.45, 2.75) is 40.5 Å². The van der Waals surface area contributed by atoms with Crippen molar-refractivity contribution in [2.75, 3.05) is 32.7 Å². The molecule has 0 saturated heterocycles. The van der Waals surface area contributed by atoms with Crippen LogP contribution in [0, 0.1) is 0 Å². The Morgan fingerprint density at radius 3 is 1.53 bits per heavy atom. The maximum atomic E-state index is 12.5. The van der Waals surface area contributed by atoms with Gasteiger partial charge >= 0.3 is 0 Å². The van der Waals surface area contributed by atoms with Crippen molar-refractivity contribution in [3.05, 3.63) is 48.6 Å². The predicted molar refractivity (Wildman–Crippen MR) is 120 cm³/mol. The molecule has 0 saturated carbocycles. The Kier molecular flexibility index (Phi) is 12.0. The van der Waals surface area contributed by atoms with Crippen molar-refractivity contribution in [2.24, 2.45) is 0 Å². The van der Waals surface area contributed by atoms with E-state index in [4.69, 9.17) is 0 Å². The molecular weight excluding hydrogens is 382 g/mol. The third-order valence-electron chi connectivity index (χ3n) is 4.31. The molecule has 0 unspecified atom stereocenters. The number of ketones is 1. The third kappa shape index (κ3) is 10.0. The Labute approximate surface area is 180 Å². The van der Waals surface area contributed by atoms with Crippen LogP contribution in [0.2, 0.25) is 0 Å². The topological polar surface area (TPSA) is 86.8 Å². The third-order valence-corrected chi connectivity index (χ3v) is 4.31. The fourth-order valence-electron chi connectivity index (χ4n) is 2.51. The first-order chi connectivity index (χ1) is 13.9. The zero-order valence-corrected chi connectivity index (χ0v) is 18.8. The van der Waals surface area contributed by atoms with E-state index in [0.717, 1.165) is 0 Å². The molecule has 0 radical (unpaired) electrons. The Hall–Kier alpha value is -2.96. The molecule has 0 aromatic rings. The van der Waals surface area contributed by atoms with Gasteiger partial charge in [0, 0.05) is 55.9 Å². The first-order valence-electron chi connectivity index (χ1n) is 9.90. The zero-order valence-electron chi connectivity index (χ0n) is 18.8. The molecule has 0 atom stereocenters. The number of Topliss-reactive ketones (excluding diaryl/α,β-unsaturated/α-hetero) is 1. The van der Waals surface area contributed by atoms with Crippen LogP contribution >= 0.6 is 0 Å². The van der Waals surface area contributed by atoms with Crippen LogP contribution in [-0.2, 0) is 19.2 Å². The summed E-state index contributed by atoms with van der Waals surface area (Å²) in [6.45, 7) is 22.5. The van der Waals surface area contributed by atoms with Gasteiger partial charge in [-0.3, -0.25) is 19.2 Å². The summed E-state index contributed by atoms with van der Waals surface area (Å²) in [5.41, 5.74) is 1.62. The molecule has 0 fully saturated rings. The van der Waals surface area contributed by atoms with E-state index >= 15 is 0 Å². The van der Waals surface area contributed by atoms with E-state index in [1.807, 2.05) is 0 Å². The molecule has 0 aliphatic carbocycles. The molecule has 30 heavy (non-hydrogen) atoms. The molecule has 0 heterocycles. The lowest BCUT2D eigenvalue weighted by atomic mass is 10.1. The predicted octanol–water partition coefficient (Wildman–Crippen LogP) is 2.41. The van der Waals surface area contributed by atoms with E-state index < -0.39 is 0 Å². The summed E-state index contributed by atoms with van der Waals surface area (Å²) in [6.07, 6.45) is 0.796. The molecule has 166 valence electrons. The van der Waals surface area contributed by atoms with Crippen LogP contribution < -0.4 is 5.32 Å². The maximum Gasteiger partial charge on any atom is 0.249 e. The SMILES string of the molecule is C=C(C)C(=O)CCCN(CCN(CCNC(=O)C(=C)C)C(=O)C(=C)C)C(=O)C(=C)C. The lowest BCUT2D eigenvalue weighted by Gasteiger charge is -2.28. The molecule has 7 heteroatoms. The van der Waals surface area contributed by atoms with Crippen molar-refractivity contribution in [1.82, 2.24) is 15.1 Å². The number of carbonyl (C=O) groups is 4. The van der Waals surface area contributed by atoms with Gasteiger partial charge in [0.05, 0.1) is 0 Å². The Bertz CT molecular complexity index is 675. The molecular formula is C23H35N3O4. The van der Waals surface area contributed by atoms with Crippen molar-refractivity contribution < 1.29 is 19.2 Å². The molecule has 0 rings (SSSR count). The number of rotatable bonds is 14. The van der Waals surface area contributed by atoms with Gasteiger partial charge in [-0.2, -0.15) is 0 Å². The van der Waals surface area contributed by atoms with Gasteiger partial charge in [0.15, 0.2) is 5.78 Å². The van der Waals surface area contributed by atoms with Gasteiger partial charge in [0.1, 0.15) is 0 Å². The van der Waals surface area contributed by atoms with Crippen molar-refractivity contribution >= 4 is 23.5 Å². The van der Waals surface area contributed by atoms with Crippen LogP contribution in [0.1, 0.15) is 40.5 Å². The van der Waals surface area contributed by atoms with Crippen molar-refractivity contribution in [3.63, 3.8) is 0 Å². The molecule has 7 nitrogen and oxygen atoms in total. The van der Waals surface area contributed by atoms with E-state index in [-0.39, 0.29) is 49.7 Å². The summed E-state index contributed by atoms with van der Waals surface area (Å²) < 4.78 is 0. The van der Waals surface area contributed by atoms with Crippen molar-refractivity contribution in [1.29, 1.82) is 0 Å². The number of nitrogens with zero attached hydrogens (tertiary/aromatic N) is 2. The Morgan fingerprint density at radius 2 is 1.13 bits per heavy atom. The highest BCUT2D eigenvalue weighted by Crippen LogP contribution is 2.07. The van der Waals surface area contributed by atoms with Gasteiger partial charge in [-0.25, -0.2) is 0 Å². The van der Waals surface area contributed by atoms with Crippen molar-refractivity contribution in [3.8, 4) is 0 Å². The minimum absolute atomic E-state index is 0.0370. The lowest BCUT2D eigenvalue weighted by molar-refractivity contribution is -0.131. The van der Waals surface area contributed by atoms with Crippen LogP contribution in [0.4, 0.5) is 0 Å². The van der Waals surface area contributed by atoms with Gasteiger partial charge in [0.2, 0.25) is 17.7 Å². The highest BCUT2D eigenvalue weighted by atomic mass is 16.2. The number of nitrogens with one attached hydrogen (secondary N) is 1. The molecule has 0 spiro atoms. The number of allylic oxidation sites excluding steroid dienone is 1. The second-order valence-electron chi connectivity index (χ2n) is 7.49. The van der Waals surface area contributed by atoms with Crippen LogP contribution in [0.5, 0.6) is 0 Å². The standard InChI is InChI=1S/C23H35N3O4/c1-16(2)20(27)10-9-12-25(22(29)18(5)6)14-15-26(23(30)19(7)8)13-11-24-21(28)17(3)4/h1,3,5,7,9-15H2,2,4,6,8H3,(H,24,28). The second kappa shape index (κ2) is 13.3. The minimum Gasteiger partial charge on any atom is -0.351 e. The molecule has 1 N–H and O–H groups in total. The molecule has 0 aliphatic heterocycles. The highest BCUT2D eigenvalue weighted by molar-refractivity contribution is 5.95. The number of hydrogen-bond donors (Lipinski definition) is 1. The zero-order chi connectivity index (χ0) is 23.4. The maximum absolute atomic E-state index is 12.5. The fraction of sp³-hybridized carbons (Fsp3) is 0.478. The van der Waals surface area contributed by atoms with Gasteiger partial charge in [-0.15, -0.1) is 0 Å². The van der Waals surface area contributed by atoms with Gasteiger partial charge in [-0.1, -0.05) is 26.3 Å². The van der Waals surface area contributed by atoms with E-state index in [2.05, 4.69) is 31.6 Å². The highest BCUT2D eigenvalue weighted by Gasteiger charge is 2.19. The van der Waals surface area contributed by atoms with Crippen LogP contribution in [0.15, 0.2) is 48.6 Å². The summed E-state index contributed by atoms with van der Waals surface area (Å²) in [4.78, 5) is 51.5. The Balaban J connectivity index is 5.06. The average Bonchev–Trinajstić information content (AvgIpc) is 2.66. The first kappa shape index (κ1) is 27.0. The normalized spacial score (nSPS) is 10.0. The fourth-order valence-corrected chi connectivity index (χ4v) is 2.51. The largest absolute Gasteiger partial charge is 0.351 e. The number of hydrogen-bond acceptors (Lipinski definition) is 4. The van der Waals surface area contributed by atoms with E-state index in [0.29, 0.717) is 41.7 Å². The molecule has 0 aromatic carbocycles. The first-order valence-corrected chi connectivity index (χ1v) is 9.90. The Morgan fingerprint density at radius 1 is 0.667 bits per heavy atom. The van der Waals surface area contributed by atoms with Gasteiger partial charge in [-0.05, 0) is 39.7 Å². The minimum atomic E-state index is -0.279. The summed E-state index contributed by atoms with van der Waals surface area (Å²) in [5.74, 6) is -0.792. The van der Waals surface area contributed by atoms with Crippen LogP contribution in [0.3, 0.4) is 0 Å². The van der Waals surface area contributed by atoms with E-state index in [9.17, 15) is 19.2 Å². The van der Waals surface area contributed by atoms with Gasteiger partial charge in [0.25, 0.3) is 0 Å². The quantitative estimate of drug-likeness (QED) is 0.440. The summed E-state index contributed by atoms with van der Waals surface area (Å²) in [6, 6.07) is 0. The number of carbonyl (C=O) groups excluding carboxylic acids is 4. The van der Waals surface area contributed by atoms with Crippen LogP contribution in [-0.4, -0.2) is 66.0 Å². The van der Waals surface area contributed by atoms with E-state index in [1.165, 1.54) is 0 Å². The monoisotopic (exact) mass is 417 g/mol. The summed E-state index contributed by atoms with van der Waals surface area (Å²) >= 11 is 0. The van der Waals surface area contributed by atoms with Gasteiger partial charge < -0.3 is 15.1 Å². The second-order valence-corrected chi connectivity index (χ2v) is 7.49. The summed E-state index contributed by atoms with van der Waals surface area (Å²) in [7, 11) is 0. The molecule has 3 amide bonds.